The van der Waals surface area contributed by atoms with Crippen molar-refractivity contribution >= 4 is 34.3 Å². The van der Waals surface area contributed by atoms with Crippen LogP contribution in [0.3, 0.4) is 0 Å². The summed E-state index contributed by atoms with van der Waals surface area (Å²) in [5, 5.41) is 17.5. The van der Waals surface area contributed by atoms with Crippen LogP contribution in [0, 0.1) is 5.82 Å². The normalized spacial score (nSPS) is 20.9. The molecule has 2 heterocycles. The molecule has 0 spiro atoms. The fourth-order valence-electron chi connectivity index (χ4n) is 4.12. The largest absolute Gasteiger partial charge is 0.511 e. The molecule has 0 bridgehead atoms. The summed E-state index contributed by atoms with van der Waals surface area (Å²) in [4.78, 5) is 27.6. The molecular formula is C21H24ClF2N3O6. The molecule has 1 aromatic carbocycles. The molecule has 0 unspecified atom stereocenters. The number of nitrogens with zero attached hydrogens (tertiary/aromatic N) is 3. The molecule has 0 radical (unpaired) electrons. The van der Waals surface area contributed by atoms with Gasteiger partial charge in [-0.15, -0.1) is 0 Å². The molecule has 1 aliphatic carbocycles. The quantitative estimate of drug-likeness (QED) is 0.431. The zero-order chi connectivity index (χ0) is 23.7. The van der Waals surface area contributed by atoms with E-state index in [1.54, 1.807) is 4.90 Å². The number of hydrogen-bond donors (Lipinski definition) is 2. The molecule has 12 heteroatoms. The molecule has 2 fully saturated rings. The van der Waals surface area contributed by atoms with Gasteiger partial charge in [-0.3, -0.25) is 9.69 Å². The Morgan fingerprint density at radius 1 is 1.24 bits per heavy atom. The highest BCUT2D eigenvalue weighted by molar-refractivity contribution is 6.38. The highest BCUT2D eigenvalue weighted by Gasteiger charge is 2.41. The molecule has 1 aliphatic heterocycles. The number of halogens is 3. The fourth-order valence-corrected chi connectivity index (χ4v) is 4.53. The van der Waals surface area contributed by atoms with E-state index in [2.05, 4.69) is 9.64 Å². The number of fused-ring (bicyclic) bond motifs is 1. The van der Waals surface area contributed by atoms with E-state index in [-0.39, 0.29) is 41.2 Å². The monoisotopic (exact) mass is 487 g/mol. The van der Waals surface area contributed by atoms with Crippen molar-refractivity contribution in [3.63, 3.8) is 0 Å². The summed E-state index contributed by atoms with van der Waals surface area (Å²) in [6, 6.07) is 0.366. The number of hydrogen-bond acceptors (Lipinski definition) is 7. The molecule has 2 atom stereocenters. The van der Waals surface area contributed by atoms with Crippen molar-refractivity contribution in [1.29, 1.82) is 0 Å². The molecule has 4 rings (SSSR count). The van der Waals surface area contributed by atoms with E-state index >= 15 is 4.39 Å². The Morgan fingerprint density at radius 2 is 1.94 bits per heavy atom. The first-order valence-electron chi connectivity index (χ1n) is 10.6. The van der Waals surface area contributed by atoms with Crippen LogP contribution in [0.2, 0.25) is 5.02 Å². The van der Waals surface area contributed by atoms with E-state index in [1.807, 2.05) is 0 Å². The maximum Gasteiger partial charge on any atom is 0.511 e. The second-order valence-electron chi connectivity index (χ2n) is 8.00. The molecule has 1 saturated carbocycles. The molecular weight excluding hydrogens is 464 g/mol. The molecule has 2 N–H and O–H groups in total. The van der Waals surface area contributed by atoms with Gasteiger partial charge in [0.05, 0.1) is 53.7 Å². The smallest absolute Gasteiger partial charge is 0.449 e. The number of ether oxygens (including phenoxy) is 2. The summed E-state index contributed by atoms with van der Waals surface area (Å²) in [7, 11) is 0. The molecule has 180 valence electrons. The van der Waals surface area contributed by atoms with Gasteiger partial charge >= 0.3 is 6.16 Å². The number of rotatable bonds is 8. The topological polar surface area (TPSA) is 104 Å². The van der Waals surface area contributed by atoms with E-state index in [4.69, 9.17) is 26.6 Å². The highest BCUT2D eigenvalue weighted by Crippen LogP contribution is 2.44. The second kappa shape index (κ2) is 9.80. The lowest BCUT2D eigenvalue weighted by molar-refractivity contribution is 0.0724. The summed E-state index contributed by atoms with van der Waals surface area (Å²) >= 11 is 6.61. The number of carboxylic acid groups (broad SMARTS) is 1. The van der Waals surface area contributed by atoms with Crippen LogP contribution in [-0.4, -0.2) is 84.6 Å². The van der Waals surface area contributed by atoms with Crippen LogP contribution in [0.5, 0.6) is 5.75 Å². The van der Waals surface area contributed by atoms with Gasteiger partial charge in [0.15, 0.2) is 5.75 Å². The van der Waals surface area contributed by atoms with Crippen molar-refractivity contribution < 1.29 is 33.3 Å². The average molecular weight is 488 g/mol. The van der Waals surface area contributed by atoms with E-state index in [9.17, 15) is 14.0 Å². The van der Waals surface area contributed by atoms with Crippen molar-refractivity contribution in [3.05, 3.63) is 33.3 Å². The number of benzene rings is 1. The molecule has 1 aromatic heterocycles. The number of carbonyl (C=O) groups is 1. The first kappa shape index (κ1) is 23.7. The predicted octanol–water partition coefficient (Wildman–Crippen LogP) is 2.26. The van der Waals surface area contributed by atoms with Crippen LogP contribution < -0.4 is 15.1 Å². The van der Waals surface area contributed by atoms with E-state index < -0.39 is 35.4 Å². The van der Waals surface area contributed by atoms with Crippen LogP contribution in [-0.2, 0) is 4.74 Å². The number of piperazine rings is 1. The summed E-state index contributed by atoms with van der Waals surface area (Å²) in [5.74, 6) is -1.26. The lowest BCUT2D eigenvalue weighted by atomic mass is 10.1. The first-order valence-corrected chi connectivity index (χ1v) is 11.0. The maximum absolute atomic E-state index is 15.2. The highest BCUT2D eigenvalue weighted by atomic mass is 35.5. The molecule has 2 aromatic rings. The molecule has 1 saturated heterocycles. The van der Waals surface area contributed by atoms with E-state index in [0.717, 1.165) is 12.3 Å². The van der Waals surface area contributed by atoms with E-state index in [0.29, 0.717) is 39.3 Å². The average Bonchev–Trinajstić information content (AvgIpc) is 3.50. The Bertz CT molecular complexity index is 1110. The SMILES string of the molecule is O=C(O)Oc1cn([C@H]2C[C@H]2F)c2c(Cl)c(N3CCN(CCOCCO)CC3)c(F)cc2c1=O. The number of alkyl halides is 1. The Hall–Kier alpha value is -2.47. The van der Waals surface area contributed by atoms with Gasteiger partial charge in [0.1, 0.15) is 12.0 Å². The first-order chi connectivity index (χ1) is 15.8. The van der Waals surface area contributed by atoms with Gasteiger partial charge in [0, 0.05) is 39.1 Å². The zero-order valence-electron chi connectivity index (χ0n) is 17.7. The Labute approximate surface area is 192 Å². The zero-order valence-corrected chi connectivity index (χ0v) is 18.4. The Balaban J connectivity index is 1.66. The minimum atomic E-state index is -1.70. The van der Waals surface area contributed by atoms with Crippen molar-refractivity contribution in [2.45, 2.75) is 18.6 Å². The third-order valence-corrected chi connectivity index (χ3v) is 6.22. The lowest BCUT2D eigenvalue weighted by Gasteiger charge is -2.36. The van der Waals surface area contributed by atoms with Crippen molar-refractivity contribution in [3.8, 4) is 5.75 Å². The molecule has 33 heavy (non-hydrogen) atoms. The number of anilines is 1. The van der Waals surface area contributed by atoms with Crippen LogP contribution in [0.25, 0.3) is 10.9 Å². The van der Waals surface area contributed by atoms with Crippen molar-refractivity contribution in [2.24, 2.45) is 0 Å². The summed E-state index contributed by atoms with van der Waals surface area (Å²) in [6.45, 7) is 3.60. The second-order valence-corrected chi connectivity index (χ2v) is 8.38. The van der Waals surface area contributed by atoms with Gasteiger partial charge < -0.3 is 29.2 Å². The molecule has 0 amide bonds. The number of aliphatic hydroxyl groups excluding tert-OH is 1. The lowest BCUT2D eigenvalue weighted by Crippen LogP contribution is -2.47. The number of aromatic nitrogens is 1. The van der Waals surface area contributed by atoms with E-state index in [1.165, 1.54) is 4.57 Å². The van der Waals surface area contributed by atoms with Crippen molar-refractivity contribution in [2.75, 3.05) is 57.4 Å². The Kier molecular flexibility index (Phi) is 7.03. The van der Waals surface area contributed by atoms with Gasteiger partial charge in [-0.2, -0.15) is 0 Å². The third-order valence-electron chi connectivity index (χ3n) is 5.86. The third kappa shape index (κ3) is 4.91. The maximum atomic E-state index is 15.2. The molecule has 9 nitrogen and oxygen atoms in total. The Morgan fingerprint density at radius 3 is 2.55 bits per heavy atom. The van der Waals surface area contributed by atoms with Gasteiger partial charge in [0.25, 0.3) is 0 Å². The minimum absolute atomic E-state index is 0.0252. The predicted molar refractivity (Wildman–Crippen MR) is 117 cm³/mol. The van der Waals surface area contributed by atoms with Crippen LogP contribution in [0.15, 0.2) is 17.1 Å². The summed E-state index contributed by atoms with van der Waals surface area (Å²) in [5.41, 5.74) is -0.558. The number of pyridine rings is 1. The van der Waals surface area contributed by atoms with Crippen LogP contribution in [0.4, 0.5) is 19.3 Å². The van der Waals surface area contributed by atoms with Gasteiger partial charge in [-0.1, -0.05) is 11.6 Å². The van der Waals surface area contributed by atoms with Gasteiger partial charge in [0.2, 0.25) is 5.43 Å². The fraction of sp³-hybridized carbons (Fsp3) is 0.524. The van der Waals surface area contributed by atoms with Crippen LogP contribution >= 0.6 is 11.6 Å². The minimum Gasteiger partial charge on any atom is -0.449 e. The standard InChI is InChI=1S/C21H24ClF2N3O6/c22-17-18-12(20(29)16(33-21(30)31)11-27(18)15-10-13(15)23)9-14(24)19(17)26-3-1-25(2-4-26)5-7-32-8-6-28/h9,11,13,15,28H,1-8,10H2,(H,30,31)/t13-,15+/m1/s1. The van der Waals surface area contributed by atoms with Crippen LogP contribution in [0.1, 0.15) is 12.5 Å². The summed E-state index contributed by atoms with van der Waals surface area (Å²) < 4.78 is 40.3. The number of aliphatic hydroxyl groups is 1. The van der Waals surface area contributed by atoms with Crippen molar-refractivity contribution in [1.82, 2.24) is 9.47 Å². The van der Waals surface area contributed by atoms with Gasteiger partial charge in [-0.05, 0) is 6.07 Å². The molecule has 2 aliphatic rings. The summed E-state index contributed by atoms with van der Waals surface area (Å²) in [6.07, 6.45) is -1.59. The van der Waals surface area contributed by atoms with Gasteiger partial charge in [-0.25, -0.2) is 13.6 Å².